The molecule has 150 valence electrons. The Morgan fingerprint density at radius 1 is 1.14 bits per heavy atom. The summed E-state index contributed by atoms with van der Waals surface area (Å²) < 4.78 is 28.3. The van der Waals surface area contributed by atoms with E-state index in [2.05, 4.69) is 20.1 Å². The van der Waals surface area contributed by atoms with Gasteiger partial charge in [-0.15, -0.1) is 0 Å². The molecule has 10 heteroatoms. The first-order valence-electron chi connectivity index (χ1n) is 9.11. The minimum atomic E-state index is -0.582. The monoisotopic (exact) mass is 400 g/mol. The summed E-state index contributed by atoms with van der Waals surface area (Å²) in [5, 5.41) is 4.24. The zero-order chi connectivity index (χ0) is 20.4. The molecule has 0 spiro atoms. The molecule has 0 bridgehead atoms. The van der Waals surface area contributed by atoms with E-state index in [4.69, 9.17) is 0 Å². The zero-order valence-electron chi connectivity index (χ0n) is 15.4. The molecule has 4 aromatic rings. The first-order chi connectivity index (χ1) is 14.0. The molecule has 0 saturated carbocycles. The lowest BCUT2D eigenvalue weighted by Crippen LogP contribution is -2.35. The number of benzene rings is 1. The number of nitrogens with zero attached hydrogens (tertiary/aromatic N) is 4. The Labute approximate surface area is 162 Å². The Balaban J connectivity index is 1.63. The maximum absolute atomic E-state index is 13.3. The number of aromatic amines is 2. The molecule has 0 saturated heterocycles. The van der Waals surface area contributed by atoms with E-state index in [0.29, 0.717) is 24.4 Å². The fourth-order valence-electron chi connectivity index (χ4n) is 3.11. The fraction of sp³-hybridized carbons (Fsp3) is 0.263. The highest BCUT2D eigenvalue weighted by Crippen LogP contribution is 2.17. The van der Waals surface area contributed by atoms with E-state index in [0.717, 1.165) is 10.1 Å². The number of aromatic nitrogens is 6. The van der Waals surface area contributed by atoms with Crippen LogP contribution >= 0.6 is 0 Å². The van der Waals surface area contributed by atoms with Gasteiger partial charge in [0.2, 0.25) is 0 Å². The molecule has 0 unspecified atom stereocenters. The van der Waals surface area contributed by atoms with Gasteiger partial charge >= 0.3 is 5.69 Å². The van der Waals surface area contributed by atoms with E-state index in [1.54, 1.807) is 29.2 Å². The van der Waals surface area contributed by atoms with Gasteiger partial charge in [0.15, 0.2) is 5.65 Å². The Bertz CT molecular complexity index is 1270. The number of hydrogen-bond donors (Lipinski definition) is 2. The molecular weight excluding hydrogens is 382 g/mol. The Kier molecular flexibility index (Phi) is 5.07. The molecule has 0 fully saturated rings. The van der Waals surface area contributed by atoms with Gasteiger partial charge in [0.1, 0.15) is 17.2 Å². The van der Waals surface area contributed by atoms with Crippen molar-refractivity contribution in [1.82, 2.24) is 29.3 Å². The lowest BCUT2D eigenvalue weighted by Gasteiger charge is -2.02. The van der Waals surface area contributed by atoms with E-state index in [-0.39, 0.29) is 29.9 Å². The highest BCUT2D eigenvalue weighted by molar-refractivity contribution is 5.74. The minimum absolute atomic E-state index is 0.133. The zero-order valence-corrected chi connectivity index (χ0v) is 15.4. The normalized spacial score (nSPS) is 11.4. The van der Waals surface area contributed by atoms with Crippen LogP contribution in [0.5, 0.6) is 0 Å². The van der Waals surface area contributed by atoms with Crippen LogP contribution in [0.4, 0.5) is 8.78 Å². The molecule has 29 heavy (non-hydrogen) atoms. The first kappa shape index (κ1) is 18.8. The summed E-state index contributed by atoms with van der Waals surface area (Å²) in [6, 6.07) is 6.22. The number of alkyl halides is 1. The molecule has 0 aliphatic carbocycles. The molecule has 0 radical (unpaired) electrons. The van der Waals surface area contributed by atoms with E-state index in [1.165, 1.54) is 12.1 Å². The molecule has 3 aromatic heterocycles. The number of hydrogen-bond acceptors (Lipinski definition) is 4. The number of rotatable bonds is 7. The van der Waals surface area contributed by atoms with Gasteiger partial charge in [-0.25, -0.2) is 14.2 Å². The second-order valence-electron chi connectivity index (χ2n) is 6.65. The van der Waals surface area contributed by atoms with Crippen LogP contribution in [0.25, 0.3) is 22.6 Å². The van der Waals surface area contributed by atoms with Gasteiger partial charge in [-0.05, 0) is 30.5 Å². The SMILES string of the molecule is O=c1[nH]c2nc(-c3cnn(Cc4cccc(F)c4)c3)[nH]c2c(=O)n1CCCCF. The van der Waals surface area contributed by atoms with Gasteiger partial charge in [0, 0.05) is 12.7 Å². The van der Waals surface area contributed by atoms with E-state index >= 15 is 0 Å². The molecule has 2 N–H and O–H groups in total. The summed E-state index contributed by atoms with van der Waals surface area (Å²) in [7, 11) is 0. The number of H-pyrrole nitrogens is 2. The minimum Gasteiger partial charge on any atom is -0.332 e. The van der Waals surface area contributed by atoms with Crippen molar-refractivity contribution >= 4 is 11.2 Å². The maximum Gasteiger partial charge on any atom is 0.330 e. The predicted octanol–water partition coefficient (Wildman–Crippen LogP) is 2.21. The third-order valence-electron chi connectivity index (χ3n) is 4.54. The van der Waals surface area contributed by atoms with Gasteiger partial charge in [-0.2, -0.15) is 5.10 Å². The van der Waals surface area contributed by atoms with Crippen molar-refractivity contribution in [2.75, 3.05) is 6.67 Å². The molecule has 0 amide bonds. The Morgan fingerprint density at radius 2 is 2.00 bits per heavy atom. The van der Waals surface area contributed by atoms with Crippen molar-refractivity contribution in [3.63, 3.8) is 0 Å². The van der Waals surface area contributed by atoms with Crippen molar-refractivity contribution in [2.24, 2.45) is 0 Å². The number of unbranched alkanes of at least 4 members (excludes halogenated alkanes) is 1. The van der Waals surface area contributed by atoms with Gasteiger partial charge in [-0.3, -0.25) is 23.4 Å². The quantitative estimate of drug-likeness (QED) is 0.465. The van der Waals surface area contributed by atoms with Crippen molar-refractivity contribution in [3.8, 4) is 11.4 Å². The Morgan fingerprint density at radius 3 is 2.79 bits per heavy atom. The third-order valence-corrected chi connectivity index (χ3v) is 4.54. The van der Waals surface area contributed by atoms with Gasteiger partial charge < -0.3 is 4.98 Å². The summed E-state index contributed by atoms with van der Waals surface area (Å²) in [5.41, 5.74) is 0.591. The number of nitrogens with one attached hydrogen (secondary N) is 2. The van der Waals surface area contributed by atoms with Crippen molar-refractivity contribution in [3.05, 3.63) is 68.9 Å². The van der Waals surface area contributed by atoms with Crippen LogP contribution < -0.4 is 11.2 Å². The number of imidazole rings is 1. The van der Waals surface area contributed by atoms with Gasteiger partial charge in [-0.1, -0.05) is 12.1 Å². The predicted molar refractivity (Wildman–Crippen MR) is 103 cm³/mol. The smallest absolute Gasteiger partial charge is 0.330 e. The number of halogens is 2. The molecule has 1 aromatic carbocycles. The van der Waals surface area contributed by atoms with Crippen LogP contribution in [0.2, 0.25) is 0 Å². The van der Waals surface area contributed by atoms with Crippen molar-refractivity contribution in [1.29, 1.82) is 0 Å². The second kappa shape index (κ2) is 7.82. The average molecular weight is 400 g/mol. The summed E-state index contributed by atoms with van der Waals surface area (Å²) in [5.74, 6) is 0.0543. The molecule has 4 rings (SSSR count). The molecule has 3 heterocycles. The van der Waals surface area contributed by atoms with Crippen LogP contribution in [-0.2, 0) is 13.1 Å². The van der Waals surface area contributed by atoms with Gasteiger partial charge in [0.25, 0.3) is 5.56 Å². The summed E-state index contributed by atoms with van der Waals surface area (Å²) >= 11 is 0. The summed E-state index contributed by atoms with van der Waals surface area (Å²) in [6.07, 6.45) is 3.94. The lowest BCUT2D eigenvalue weighted by atomic mass is 10.2. The van der Waals surface area contributed by atoms with E-state index < -0.39 is 17.9 Å². The first-order valence-corrected chi connectivity index (χ1v) is 9.11. The third kappa shape index (κ3) is 3.86. The topological polar surface area (TPSA) is 101 Å². The second-order valence-corrected chi connectivity index (χ2v) is 6.65. The maximum atomic E-state index is 13.3. The van der Waals surface area contributed by atoms with E-state index in [1.807, 2.05) is 0 Å². The van der Waals surface area contributed by atoms with Crippen molar-refractivity contribution in [2.45, 2.75) is 25.9 Å². The van der Waals surface area contributed by atoms with Crippen LogP contribution in [0.1, 0.15) is 18.4 Å². The van der Waals surface area contributed by atoms with Crippen molar-refractivity contribution < 1.29 is 8.78 Å². The van der Waals surface area contributed by atoms with Crippen LogP contribution in [-0.4, -0.2) is 36.0 Å². The molecular formula is C19H18F2N6O2. The van der Waals surface area contributed by atoms with Crippen LogP contribution in [0, 0.1) is 5.82 Å². The largest absolute Gasteiger partial charge is 0.332 e. The standard InChI is InChI=1S/C19H18F2N6O2/c20-6-1-2-7-27-18(28)15-17(25-19(27)29)24-16(23-15)13-9-22-26(11-13)10-12-4-3-5-14(21)8-12/h3-5,8-9,11H,1-2,6-7,10H2,(H,23,24)(H,25,29). The summed E-state index contributed by atoms with van der Waals surface area (Å²) in [6.45, 7) is 0.00681. The van der Waals surface area contributed by atoms with Gasteiger partial charge in [0.05, 0.1) is 25.0 Å². The average Bonchev–Trinajstić information content (AvgIpc) is 3.31. The van der Waals surface area contributed by atoms with E-state index in [9.17, 15) is 18.4 Å². The molecule has 0 aliphatic heterocycles. The summed E-state index contributed by atoms with van der Waals surface area (Å²) in [4.78, 5) is 34.5. The Hall–Kier alpha value is -3.56. The van der Waals surface area contributed by atoms with Crippen LogP contribution in [0.15, 0.2) is 46.2 Å². The number of fused-ring (bicyclic) bond motifs is 1. The van der Waals surface area contributed by atoms with Crippen LogP contribution in [0.3, 0.4) is 0 Å². The highest BCUT2D eigenvalue weighted by atomic mass is 19.1. The lowest BCUT2D eigenvalue weighted by molar-refractivity contribution is 0.442. The molecule has 0 aliphatic rings. The molecule has 0 atom stereocenters. The fourth-order valence-corrected chi connectivity index (χ4v) is 3.11. The highest BCUT2D eigenvalue weighted by Gasteiger charge is 2.14. The molecule has 8 nitrogen and oxygen atoms in total.